The zero-order valence-electron chi connectivity index (χ0n) is 12.6. The van der Waals surface area contributed by atoms with Crippen molar-refractivity contribution < 1.29 is 0 Å². The Hall–Kier alpha value is -0.160. The summed E-state index contributed by atoms with van der Waals surface area (Å²) in [5.74, 6) is 0. The van der Waals surface area contributed by atoms with Gasteiger partial charge >= 0.3 is 0 Å². The van der Waals surface area contributed by atoms with Crippen LogP contribution < -0.4 is 5.73 Å². The van der Waals surface area contributed by atoms with Crippen molar-refractivity contribution in [3.05, 3.63) is 0 Å². The van der Waals surface area contributed by atoms with Gasteiger partial charge in [-0.1, -0.05) is 6.92 Å². The predicted octanol–water partition coefficient (Wildman–Crippen LogP) is 0.578. The Labute approximate surface area is 117 Å². The fraction of sp³-hybridized carbons (Fsp3) is 1.00. The summed E-state index contributed by atoms with van der Waals surface area (Å²) in [5, 5.41) is 0. The van der Waals surface area contributed by atoms with Crippen molar-refractivity contribution in [2.45, 2.75) is 50.7 Å². The molecule has 1 saturated carbocycles. The van der Waals surface area contributed by atoms with Gasteiger partial charge in [-0.3, -0.25) is 9.80 Å². The van der Waals surface area contributed by atoms with E-state index in [4.69, 9.17) is 5.73 Å². The van der Waals surface area contributed by atoms with Gasteiger partial charge < -0.3 is 10.6 Å². The number of likely N-dealkylation sites (tertiary alicyclic amines) is 1. The van der Waals surface area contributed by atoms with Crippen LogP contribution in [0.2, 0.25) is 0 Å². The Bertz CT molecular complexity index is 309. The van der Waals surface area contributed by atoms with Gasteiger partial charge in [0.2, 0.25) is 0 Å². The van der Waals surface area contributed by atoms with Crippen LogP contribution in [0.4, 0.5) is 0 Å². The van der Waals surface area contributed by atoms with Crippen LogP contribution in [0.15, 0.2) is 0 Å². The number of likely N-dealkylation sites (N-methyl/N-ethyl adjacent to an activating group) is 1. The molecule has 4 nitrogen and oxygen atoms in total. The largest absolute Gasteiger partial charge is 0.329 e. The van der Waals surface area contributed by atoms with Gasteiger partial charge in [0.25, 0.3) is 0 Å². The summed E-state index contributed by atoms with van der Waals surface area (Å²) in [4.78, 5) is 7.99. The molecular formula is C15H30N4. The van der Waals surface area contributed by atoms with Crippen LogP contribution in [0.3, 0.4) is 0 Å². The minimum absolute atomic E-state index is 0.266. The number of nitrogens with two attached hydrogens (primary N) is 1. The third kappa shape index (κ3) is 2.56. The predicted molar refractivity (Wildman–Crippen MR) is 79.3 cm³/mol. The molecule has 0 aromatic heterocycles. The van der Waals surface area contributed by atoms with Crippen LogP contribution in [0.25, 0.3) is 0 Å². The van der Waals surface area contributed by atoms with E-state index in [1.807, 2.05) is 0 Å². The van der Waals surface area contributed by atoms with Crippen LogP contribution in [-0.2, 0) is 0 Å². The van der Waals surface area contributed by atoms with E-state index in [1.54, 1.807) is 0 Å². The second-order valence-electron chi connectivity index (χ2n) is 6.81. The van der Waals surface area contributed by atoms with Gasteiger partial charge in [0.05, 0.1) is 0 Å². The monoisotopic (exact) mass is 266 g/mol. The second kappa shape index (κ2) is 5.32. The summed E-state index contributed by atoms with van der Waals surface area (Å²) in [6, 6.07) is 1.60. The number of hydrogen-bond acceptors (Lipinski definition) is 4. The molecule has 0 amide bonds. The maximum absolute atomic E-state index is 6.23. The molecule has 19 heavy (non-hydrogen) atoms. The molecule has 2 N–H and O–H groups in total. The average molecular weight is 266 g/mol. The first-order chi connectivity index (χ1) is 9.18. The minimum atomic E-state index is 0.266. The highest BCUT2D eigenvalue weighted by Crippen LogP contribution is 2.39. The van der Waals surface area contributed by atoms with E-state index >= 15 is 0 Å². The Morgan fingerprint density at radius 2 is 1.84 bits per heavy atom. The van der Waals surface area contributed by atoms with Gasteiger partial charge in [-0.15, -0.1) is 0 Å². The smallest absolute Gasteiger partial charge is 0.0474 e. The minimum Gasteiger partial charge on any atom is -0.329 e. The van der Waals surface area contributed by atoms with Crippen molar-refractivity contribution in [2.75, 3.05) is 45.8 Å². The van der Waals surface area contributed by atoms with Crippen molar-refractivity contribution in [1.82, 2.24) is 14.7 Å². The first-order valence-electron chi connectivity index (χ1n) is 8.12. The lowest BCUT2D eigenvalue weighted by Crippen LogP contribution is -2.61. The molecule has 1 aliphatic carbocycles. The maximum atomic E-state index is 6.23. The van der Waals surface area contributed by atoms with Crippen molar-refractivity contribution in [3.8, 4) is 0 Å². The summed E-state index contributed by atoms with van der Waals surface area (Å²) in [5.41, 5.74) is 6.50. The van der Waals surface area contributed by atoms with Crippen LogP contribution in [0.5, 0.6) is 0 Å². The summed E-state index contributed by atoms with van der Waals surface area (Å²) < 4.78 is 0. The van der Waals surface area contributed by atoms with Gasteiger partial charge in [-0.25, -0.2) is 0 Å². The molecule has 0 radical (unpaired) electrons. The summed E-state index contributed by atoms with van der Waals surface area (Å²) in [6.45, 7) is 12.7. The van der Waals surface area contributed by atoms with E-state index in [2.05, 4.69) is 28.5 Å². The van der Waals surface area contributed by atoms with Crippen LogP contribution in [-0.4, -0.2) is 78.1 Å². The number of nitrogens with zero attached hydrogens (tertiary/aromatic N) is 3. The summed E-state index contributed by atoms with van der Waals surface area (Å²) >= 11 is 0. The van der Waals surface area contributed by atoms with E-state index in [9.17, 15) is 0 Å². The van der Waals surface area contributed by atoms with Gasteiger partial charge in [-0.2, -0.15) is 0 Å². The molecule has 2 atom stereocenters. The topological polar surface area (TPSA) is 35.7 Å². The van der Waals surface area contributed by atoms with Gasteiger partial charge in [0.15, 0.2) is 0 Å². The molecule has 3 rings (SSSR count). The summed E-state index contributed by atoms with van der Waals surface area (Å²) in [7, 11) is 0. The summed E-state index contributed by atoms with van der Waals surface area (Å²) in [6.07, 6.45) is 4.09. The molecule has 2 unspecified atom stereocenters. The molecule has 0 aromatic carbocycles. The highest BCUT2D eigenvalue weighted by atomic mass is 15.4. The molecule has 110 valence electrons. The fourth-order valence-corrected chi connectivity index (χ4v) is 4.17. The van der Waals surface area contributed by atoms with Crippen molar-refractivity contribution in [1.29, 1.82) is 0 Å². The first kappa shape index (κ1) is 13.8. The van der Waals surface area contributed by atoms with Gasteiger partial charge in [-0.05, 0) is 32.7 Å². The normalized spacial score (nSPS) is 39.0. The number of piperazine rings is 1. The van der Waals surface area contributed by atoms with Crippen LogP contribution in [0.1, 0.15) is 33.1 Å². The molecule has 0 bridgehead atoms. The lowest BCUT2D eigenvalue weighted by Gasteiger charge is -2.45. The van der Waals surface area contributed by atoms with E-state index in [-0.39, 0.29) is 5.54 Å². The molecule has 2 aliphatic heterocycles. The van der Waals surface area contributed by atoms with Gasteiger partial charge in [0, 0.05) is 56.9 Å². The first-order valence-corrected chi connectivity index (χ1v) is 8.12. The van der Waals surface area contributed by atoms with Crippen molar-refractivity contribution in [2.24, 2.45) is 5.73 Å². The van der Waals surface area contributed by atoms with Crippen molar-refractivity contribution in [3.63, 3.8) is 0 Å². The lowest BCUT2D eigenvalue weighted by atomic mass is 9.93. The van der Waals surface area contributed by atoms with Crippen molar-refractivity contribution >= 4 is 0 Å². The van der Waals surface area contributed by atoms with E-state index in [1.165, 1.54) is 58.5 Å². The van der Waals surface area contributed by atoms with E-state index in [0.717, 1.165) is 18.6 Å². The third-order valence-electron chi connectivity index (χ3n) is 5.60. The average Bonchev–Trinajstić information content (AvgIpc) is 3.23. The zero-order valence-corrected chi connectivity index (χ0v) is 12.6. The third-order valence-corrected chi connectivity index (χ3v) is 5.60. The molecule has 4 heteroatoms. The lowest BCUT2D eigenvalue weighted by molar-refractivity contribution is 0.0420. The standard InChI is InChI=1S/C15H30N4/c1-3-17-6-8-18(9-7-17)15(11-16)10-13(2)19(12-15)14-4-5-14/h13-14H,3-12,16H2,1-2H3. The SMILES string of the molecule is CCN1CCN(C2(CN)CC(C)N(C3CC3)C2)CC1. The fourth-order valence-electron chi connectivity index (χ4n) is 4.17. The zero-order chi connectivity index (χ0) is 13.5. The maximum Gasteiger partial charge on any atom is 0.0474 e. The van der Waals surface area contributed by atoms with Crippen LogP contribution in [0, 0.1) is 0 Å². The Morgan fingerprint density at radius 1 is 1.16 bits per heavy atom. The second-order valence-corrected chi connectivity index (χ2v) is 6.81. The van der Waals surface area contributed by atoms with E-state index < -0.39 is 0 Å². The quantitative estimate of drug-likeness (QED) is 0.807. The van der Waals surface area contributed by atoms with Gasteiger partial charge in [0.1, 0.15) is 0 Å². The molecule has 3 fully saturated rings. The van der Waals surface area contributed by atoms with Crippen LogP contribution >= 0.6 is 0 Å². The Kier molecular flexibility index (Phi) is 3.87. The highest BCUT2D eigenvalue weighted by molar-refractivity contribution is 5.07. The molecule has 2 saturated heterocycles. The Balaban J connectivity index is 1.66. The number of rotatable bonds is 4. The highest BCUT2D eigenvalue weighted by Gasteiger charge is 2.49. The molecule has 0 spiro atoms. The molecular weight excluding hydrogens is 236 g/mol. The number of hydrogen-bond donors (Lipinski definition) is 1. The Morgan fingerprint density at radius 3 is 2.37 bits per heavy atom. The molecule has 2 heterocycles. The molecule has 3 aliphatic rings. The van der Waals surface area contributed by atoms with E-state index in [0.29, 0.717) is 0 Å². The molecule has 0 aromatic rings.